The van der Waals surface area contributed by atoms with Gasteiger partial charge in [-0.3, -0.25) is 0 Å². The van der Waals surface area contributed by atoms with Crippen LogP contribution in [0.5, 0.6) is 0 Å². The Kier molecular flexibility index (Phi) is 6.82. The molecular formula is C23H31FN4O2. The van der Waals surface area contributed by atoms with Crippen LogP contribution in [0.4, 0.5) is 20.6 Å². The number of ether oxygens (including phenoxy) is 1. The number of carbonyl (C=O) groups is 1. The van der Waals surface area contributed by atoms with E-state index in [-0.39, 0.29) is 11.9 Å². The molecule has 0 aliphatic carbocycles. The molecule has 0 radical (unpaired) electrons. The number of carbonyl (C=O) groups excluding carboxylic acids is 1. The molecule has 162 valence electrons. The Labute approximate surface area is 177 Å². The molecule has 2 aromatic carbocycles. The fourth-order valence-corrected chi connectivity index (χ4v) is 3.51. The molecule has 0 atom stereocenters. The molecule has 1 saturated heterocycles. The lowest BCUT2D eigenvalue weighted by Gasteiger charge is -2.37. The number of rotatable bonds is 5. The van der Waals surface area contributed by atoms with Gasteiger partial charge in [-0.25, -0.2) is 9.18 Å². The molecular weight excluding hydrogens is 383 g/mol. The van der Waals surface area contributed by atoms with Gasteiger partial charge in [0.15, 0.2) is 0 Å². The van der Waals surface area contributed by atoms with E-state index in [1.165, 1.54) is 12.1 Å². The van der Waals surface area contributed by atoms with Crippen LogP contribution < -0.4 is 16.0 Å². The number of nitrogens with two attached hydrogens (primary N) is 1. The van der Waals surface area contributed by atoms with Crippen LogP contribution in [0, 0.1) is 5.82 Å². The number of nitrogens with zero attached hydrogens (tertiary/aromatic N) is 2. The van der Waals surface area contributed by atoms with Gasteiger partial charge in [-0.05, 0) is 50.6 Å². The Bertz CT molecular complexity index is 856. The molecule has 1 aliphatic heterocycles. The Balaban J connectivity index is 1.66. The smallest absolute Gasteiger partial charge is 0.410 e. The van der Waals surface area contributed by atoms with Crippen molar-refractivity contribution >= 4 is 17.5 Å². The molecule has 3 rings (SSSR count). The van der Waals surface area contributed by atoms with E-state index in [0.717, 1.165) is 22.5 Å². The maximum atomic E-state index is 13.1. The second-order valence-electron chi connectivity index (χ2n) is 8.44. The first-order valence-corrected chi connectivity index (χ1v) is 10.3. The average Bonchev–Trinajstić information content (AvgIpc) is 2.72. The lowest BCUT2D eigenvalue weighted by molar-refractivity contribution is 0.0240. The van der Waals surface area contributed by atoms with Gasteiger partial charge in [0.05, 0.1) is 0 Å². The van der Waals surface area contributed by atoms with Crippen LogP contribution in [0.3, 0.4) is 0 Å². The summed E-state index contributed by atoms with van der Waals surface area (Å²) in [6.07, 6.45) is -0.268. The summed E-state index contributed by atoms with van der Waals surface area (Å²) in [6, 6.07) is 12.5. The van der Waals surface area contributed by atoms with E-state index in [4.69, 9.17) is 10.5 Å². The molecule has 1 aliphatic rings. The molecule has 3 N–H and O–H groups in total. The van der Waals surface area contributed by atoms with Crippen LogP contribution in [0.25, 0.3) is 0 Å². The number of amides is 1. The standard InChI is InChI=1S/C23H31FN4O2/c1-23(2,3)30-22(29)28-13-11-27(12-14-28)21-6-4-5-20(19(21)15-25)26-16-17-7-9-18(24)10-8-17/h4-10,26H,11-16,25H2,1-3H3. The Hall–Kier alpha value is -2.80. The van der Waals surface area contributed by atoms with Crippen molar-refractivity contribution in [1.29, 1.82) is 0 Å². The summed E-state index contributed by atoms with van der Waals surface area (Å²) in [5.74, 6) is -0.242. The fourth-order valence-electron chi connectivity index (χ4n) is 3.51. The fraction of sp³-hybridized carbons (Fsp3) is 0.435. The number of nitrogens with one attached hydrogen (secondary N) is 1. The zero-order valence-electron chi connectivity index (χ0n) is 18.0. The van der Waals surface area contributed by atoms with E-state index in [9.17, 15) is 9.18 Å². The Morgan fingerprint density at radius 3 is 2.37 bits per heavy atom. The van der Waals surface area contributed by atoms with Gasteiger partial charge < -0.3 is 25.6 Å². The Morgan fingerprint density at radius 2 is 1.77 bits per heavy atom. The van der Waals surface area contributed by atoms with Crippen LogP contribution in [0.2, 0.25) is 0 Å². The lowest BCUT2D eigenvalue weighted by Crippen LogP contribution is -2.50. The van der Waals surface area contributed by atoms with Crippen LogP contribution in [0.1, 0.15) is 31.9 Å². The quantitative estimate of drug-likeness (QED) is 0.775. The highest BCUT2D eigenvalue weighted by molar-refractivity contribution is 5.70. The third-order valence-electron chi connectivity index (χ3n) is 5.02. The summed E-state index contributed by atoms with van der Waals surface area (Å²) in [5.41, 5.74) is 9.67. The van der Waals surface area contributed by atoms with E-state index < -0.39 is 5.60 Å². The molecule has 1 fully saturated rings. The largest absolute Gasteiger partial charge is 0.444 e. The summed E-state index contributed by atoms with van der Waals surface area (Å²) >= 11 is 0. The molecule has 6 nitrogen and oxygen atoms in total. The predicted molar refractivity (Wildman–Crippen MR) is 118 cm³/mol. The molecule has 0 saturated carbocycles. The number of halogens is 1. The van der Waals surface area contributed by atoms with E-state index in [1.54, 1.807) is 17.0 Å². The highest BCUT2D eigenvalue weighted by Crippen LogP contribution is 2.29. The second kappa shape index (κ2) is 9.34. The monoisotopic (exact) mass is 414 g/mol. The normalized spacial score (nSPS) is 14.6. The first kappa shape index (κ1) is 21.9. The maximum absolute atomic E-state index is 13.1. The van der Waals surface area contributed by atoms with Gasteiger partial charge in [0.25, 0.3) is 0 Å². The number of piperazine rings is 1. The van der Waals surface area contributed by atoms with Crippen molar-refractivity contribution in [3.8, 4) is 0 Å². The number of hydrogen-bond donors (Lipinski definition) is 2. The topological polar surface area (TPSA) is 70.8 Å². The molecule has 0 aromatic heterocycles. The van der Waals surface area contributed by atoms with Crippen molar-refractivity contribution in [3.05, 3.63) is 59.4 Å². The number of hydrogen-bond acceptors (Lipinski definition) is 5. The average molecular weight is 415 g/mol. The van der Waals surface area contributed by atoms with E-state index >= 15 is 0 Å². The molecule has 0 bridgehead atoms. The predicted octanol–water partition coefficient (Wildman–Crippen LogP) is 3.95. The van der Waals surface area contributed by atoms with Gasteiger partial charge in [0.2, 0.25) is 0 Å². The van der Waals surface area contributed by atoms with Gasteiger partial charge in [-0.2, -0.15) is 0 Å². The summed E-state index contributed by atoms with van der Waals surface area (Å²) in [4.78, 5) is 16.3. The van der Waals surface area contributed by atoms with Crippen molar-refractivity contribution in [1.82, 2.24) is 4.90 Å². The second-order valence-corrected chi connectivity index (χ2v) is 8.44. The number of anilines is 2. The molecule has 0 spiro atoms. The number of benzene rings is 2. The molecule has 0 unspecified atom stereocenters. The third kappa shape index (κ3) is 5.63. The van der Waals surface area contributed by atoms with E-state index in [0.29, 0.717) is 39.3 Å². The minimum absolute atomic E-state index is 0.242. The van der Waals surface area contributed by atoms with Crippen LogP contribution >= 0.6 is 0 Å². The van der Waals surface area contributed by atoms with Gasteiger partial charge in [-0.15, -0.1) is 0 Å². The lowest BCUT2D eigenvalue weighted by atomic mass is 10.1. The van der Waals surface area contributed by atoms with Crippen LogP contribution in [0.15, 0.2) is 42.5 Å². The van der Waals surface area contributed by atoms with E-state index in [2.05, 4.69) is 16.3 Å². The van der Waals surface area contributed by atoms with Crippen molar-refractivity contribution in [3.63, 3.8) is 0 Å². The molecule has 7 heteroatoms. The van der Waals surface area contributed by atoms with E-state index in [1.807, 2.05) is 32.9 Å². The first-order valence-electron chi connectivity index (χ1n) is 10.3. The summed E-state index contributed by atoms with van der Waals surface area (Å²) in [7, 11) is 0. The summed E-state index contributed by atoms with van der Waals surface area (Å²) in [5, 5.41) is 3.42. The van der Waals surface area contributed by atoms with Crippen LogP contribution in [-0.2, 0) is 17.8 Å². The third-order valence-corrected chi connectivity index (χ3v) is 5.02. The molecule has 2 aromatic rings. The van der Waals surface area contributed by atoms with Crippen molar-refractivity contribution in [2.24, 2.45) is 5.73 Å². The zero-order chi connectivity index (χ0) is 21.7. The van der Waals surface area contributed by atoms with Gasteiger partial charge >= 0.3 is 6.09 Å². The first-order chi connectivity index (χ1) is 14.3. The van der Waals surface area contributed by atoms with Gasteiger partial charge in [0, 0.05) is 56.2 Å². The molecule has 1 heterocycles. The zero-order valence-corrected chi connectivity index (χ0v) is 18.0. The summed E-state index contributed by atoms with van der Waals surface area (Å²) < 4.78 is 18.6. The Morgan fingerprint density at radius 1 is 1.10 bits per heavy atom. The highest BCUT2D eigenvalue weighted by Gasteiger charge is 2.26. The molecule has 30 heavy (non-hydrogen) atoms. The van der Waals surface area contributed by atoms with Crippen molar-refractivity contribution < 1.29 is 13.9 Å². The minimum atomic E-state index is -0.495. The minimum Gasteiger partial charge on any atom is -0.444 e. The highest BCUT2D eigenvalue weighted by atomic mass is 19.1. The van der Waals surface area contributed by atoms with Crippen LogP contribution in [-0.4, -0.2) is 42.8 Å². The maximum Gasteiger partial charge on any atom is 0.410 e. The SMILES string of the molecule is CC(C)(C)OC(=O)N1CCN(c2cccc(NCc3ccc(F)cc3)c2CN)CC1. The van der Waals surface area contributed by atoms with Crippen molar-refractivity contribution in [2.45, 2.75) is 39.5 Å². The van der Waals surface area contributed by atoms with Crippen molar-refractivity contribution in [2.75, 3.05) is 36.4 Å². The summed E-state index contributed by atoms with van der Waals surface area (Å²) in [6.45, 7) is 9.24. The van der Waals surface area contributed by atoms with Gasteiger partial charge in [0.1, 0.15) is 11.4 Å². The molecule has 1 amide bonds. The van der Waals surface area contributed by atoms with Gasteiger partial charge in [-0.1, -0.05) is 18.2 Å².